The molecule has 0 spiro atoms. The molecule has 108 valence electrons. The molecule has 10 heteroatoms. The third-order valence-electron chi connectivity index (χ3n) is 1.96. The van der Waals surface area contributed by atoms with Crippen molar-refractivity contribution >= 4 is 41.7 Å². The average molecular weight is 342 g/mol. The minimum Gasteiger partial charge on any atom is -0.255 e. The number of anilines is 1. The van der Waals surface area contributed by atoms with Crippen molar-refractivity contribution in [1.29, 1.82) is 0 Å². The molecule has 0 aromatic heterocycles. The van der Waals surface area contributed by atoms with Gasteiger partial charge in [0.1, 0.15) is 0 Å². The van der Waals surface area contributed by atoms with Crippen LogP contribution < -0.4 is 4.31 Å². The molecule has 0 aliphatic carbocycles. The molecule has 0 bridgehead atoms. The van der Waals surface area contributed by atoms with E-state index in [-0.39, 0.29) is 0 Å². The number of hydrogen-bond donors (Lipinski definition) is 0. The second-order valence-electron chi connectivity index (χ2n) is 3.21. The van der Waals surface area contributed by atoms with Gasteiger partial charge in [-0.2, -0.15) is 4.39 Å². The third-order valence-corrected chi connectivity index (χ3v) is 4.49. The maximum Gasteiger partial charge on any atom is 0.495 e. The molecule has 0 fully saturated rings. The van der Waals surface area contributed by atoms with Crippen molar-refractivity contribution in [1.82, 2.24) is 0 Å². The fourth-order valence-electron chi connectivity index (χ4n) is 1.30. The SMILES string of the molecule is O=C(F)c1ccccc1N(C(F)(F)F)S(Cl)(Cl)CF. The number of carbonyl (C=O) groups is 1. The van der Waals surface area contributed by atoms with Crippen LogP contribution in [0.25, 0.3) is 0 Å². The summed E-state index contributed by atoms with van der Waals surface area (Å²) in [5.74, 6) is 0. The predicted octanol–water partition coefficient (Wildman–Crippen LogP) is 5.08. The number of carbonyl (C=O) groups excluding carboxylic acids is 1. The van der Waals surface area contributed by atoms with E-state index in [9.17, 15) is 26.7 Å². The third kappa shape index (κ3) is 3.64. The molecule has 0 radical (unpaired) electrons. The van der Waals surface area contributed by atoms with Gasteiger partial charge in [-0.3, -0.25) is 4.79 Å². The summed E-state index contributed by atoms with van der Waals surface area (Å²) in [6.07, 6.45) is -5.17. The number of para-hydroxylation sites is 1. The molecule has 0 atom stereocenters. The van der Waals surface area contributed by atoms with Crippen molar-refractivity contribution in [2.24, 2.45) is 0 Å². The van der Waals surface area contributed by atoms with Gasteiger partial charge >= 0.3 is 12.3 Å². The summed E-state index contributed by atoms with van der Waals surface area (Å²) in [5, 5.41) is 0. The van der Waals surface area contributed by atoms with Crippen LogP contribution in [-0.4, -0.2) is 18.3 Å². The summed E-state index contributed by atoms with van der Waals surface area (Å²) < 4.78 is 63.5. The quantitative estimate of drug-likeness (QED) is 0.432. The average Bonchev–Trinajstić information content (AvgIpc) is 2.27. The fourth-order valence-corrected chi connectivity index (χ4v) is 3.06. The van der Waals surface area contributed by atoms with Gasteiger partial charge in [-0.1, -0.05) is 12.1 Å². The van der Waals surface area contributed by atoms with Gasteiger partial charge in [0.15, 0.2) is 6.01 Å². The Morgan fingerprint density at radius 3 is 2.21 bits per heavy atom. The molecule has 0 aliphatic heterocycles. The van der Waals surface area contributed by atoms with Gasteiger partial charge in [-0.15, -0.1) is 13.2 Å². The van der Waals surface area contributed by atoms with Gasteiger partial charge in [0.2, 0.25) is 0 Å². The zero-order chi connectivity index (χ0) is 14.8. The number of alkyl halides is 4. The molecular weight excluding hydrogens is 336 g/mol. The standard InChI is InChI=1S/C9H6Cl2F5NOS/c10-19(11,5-12)17(9(14,15)16)7-4-2-1-3-6(7)8(13)18/h1-4H,5H2. The first-order valence-corrected chi connectivity index (χ1v) is 7.94. The molecule has 0 amide bonds. The van der Waals surface area contributed by atoms with Gasteiger partial charge in [0, 0.05) is 8.64 Å². The Morgan fingerprint density at radius 2 is 1.79 bits per heavy atom. The smallest absolute Gasteiger partial charge is 0.255 e. The maximum atomic E-state index is 12.9. The fraction of sp³-hybridized carbons (Fsp3) is 0.222. The van der Waals surface area contributed by atoms with E-state index >= 15 is 0 Å². The molecule has 0 saturated heterocycles. The highest BCUT2D eigenvalue weighted by atomic mass is 36.0. The highest BCUT2D eigenvalue weighted by Gasteiger charge is 2.48. The van der Waals surface area contributed by atoms with E-state index in [2.05, 4.69) is 0 Å². The molecule has 2 nitrogen and oxygen atoms in total. The number of rotatable bonds is 4. The molecule has 1 aromatic carbocycles. The van der Waals surface area contributed by atoms with Crippen LogP contribution in [0, 0.1) is 0 Å². The lowest BCUT2D eigenvalue weighted by Gasteiger charge is -2.38. The van der Waals surface area contributed by atoms with Crippen LogP contribution in [0.3, 0.4) is 0 Å². The largest absolute Gasteiger partial charge is 0.495 e. The van der Waals surface area contributed by atoms with Gasteiger partial charge in [0.05, 0.1) is 11.3 Å². The van der Waals surface area contributed by atoms with Crippen molar-refractivity contribution in [3.8, 4) is 0 Å². The highest BCUT2D eigenvalue weighted by Crippen LogP contribution is 2.66. The van der Waals surface area contributed by atoms with Gasteiger partial charge in [-0.25, -0.2) is 8.70 Å². The molecule has 1 rings (SSSR count). The number of nitrogens with zero attached hydrogens (tertiary/aromatic N) is 1. The van der Waals surface area contributed by atoms with Crippen LogP contribution in [0.1, 0.15) is 10.4 Å². The number of benzene rings is 1. The lowest BCUT2D eigenvalue weighted by molar-refractivity contribution is -0.114. The zero-order valence-electron chi connectivity index (χ0n) is 8.93. The summed E-state index contributed by atoms with van der Waals surface area (Å²) in [6, 6.07) is 0.0550. The van der Waals surface area contributed by atoms with Crippen molar-refractivity contribution in [3.63, 3.8) is 0 Å². The van der Waals surface area contributed by atoms with Crippen LogP contribution in [0.2, 0.25) is 0 Å². The van der Waals surface area contributed by atoms with Crippen LogP contribution in [-0.2, 0) is 0 Å². The lowest BCUT2D eigenvalue weighted by atomic mass is 10.2. The Labute approximate surface area is 115 Å². The summed E-state index contributed by atoms with van der Waals surface area (Å²) in [5.41, 5.74) is -1.83. The van der Waals surface area contributed by atoms with Crippen LogP contribution in [0.4, 0.5) is 27.6 Å². The Balaban J connectivity index is 3.47. The first-order valence-electron chi connectivity index (χ1n) is 4.53. The second-order valence-corrected chi connectivity index (χ2v) is 8.41. The van der Waals surface area contributed by atoms with E-state index in [1.807, 2.05) is 0 Å². The van der Waals surface area contributed by atoms with Crippen molar-refractivity contribution in [2.75, 3.05) is 10.3 Å². The monoisotopic (exact) mass is 341 g/mol. The summed E-state index contributed by atoms with van der Waals surface area (Å²) >= 11 is 0. The van der Waals surface area contributed by atoms with Gasteiger partial charge < -0.3 is 0 Å². The van der Waals surface area contributed by atoms with Crippen molar-refractivity contribution in [3.05, 3.63) is 29.8 Å². The topological polar surface area (TPSA) is 20.3 Å². The van der Waals surface area contributed by atoms with Crippen LogP contribution >= 0.6 is 30.0 Å². The van der Waals surface area contributed by atoms with Gasteiger partial charge in [0.25, 0.3) is 0 Å². The Hall–Kier alpha value is -0.730. The second kappa shape index (κ2) is 5.72. The van der Waals surface area contributed by atoms with E-state index in [4.69, 9.17) is 21.4 Å². The Kier molecular flexibility index (Phi) is 4.91. The molecule has 0 saturated carbocycles. The zero-order valence-corrected chi connectivity index (χ0v) is 11.3. The maximum absolute atomic E-state index is 12.9. The Bertz CT molecular complexity index is 482. The molecular formula is C9H6Cl2F5NOS. The molecule has 0 unspecified atom stereocenters. The summed E-state index contributed by atoms with van der Waals surface area (Å²) in [6.45, 7) is 0. The van der Waals surface area contributed by atoms with Crippen molar-refractivity contribution in [2.45, 2.75) is 6.30 Å². The van der Waals surface area contributed by atoms with Gasteiger partial charge in [-0.05, 0) is 33.5 Å². The normalized spacial score (nSPS) is 13.2. The Morgan fingerprint density at radius 1 is 1.26 bits per heavy atom. The molecule has 0 N–H and O–H groups in total. The predicted molar refractivity (Wildman–Crippen MR) is 65.7 cm³/mol. The number of halogens is 7. The minimum absolute atomic E-state index is 0.629. The van der Waals surface area contributed by atoms with Crippen LogP contribution in [0.15, 0.2) is 24.3 Å². The first-order chi connectivity index (χ1) is 8.61. The van der Waals surface area contributed by atoms with E-state index in [1.54, 1.807) is 0 Å². The van der Waals surface area contributed by atoms with Crippen molar-refractivity contribution < 1.29 is 26.7 Å². The van der Waals surface area contributed by atoms with E-state index < -0.39 is 42.5 Å². The highest BCUT2D eigenvalue weighted by molar-refractivity contribution is 8.66. The van der Waals surface area contributed by atoms with E-state index in [0.29, 0.717) is 0 Å². The number of hydrogen-bond acceptors (Lipinski definition) is 2. The van der Waals surface area contributed by atoms with Crippen LogP contribution in [0.5, 0.6) is 0 Å². The summed E-state index contributed by atoms with van der Waals surface area (Å²) in [4.78, 5) is 10.7. The lowest BCUT2D eigenvalue weighted by Crippen LogP contribution is -2.38. The summed E-state index contributed by atoms with van der Waals surface area (Å²) in [7, 11) is 6.70. The minimum atomic E-state index is -5.17. The molecule has 0 aliphatic rings. The molecule has 1 aromatic rings. The molecule has 0 heterocycles. The van der Waals surface area contributed by atoms with E-state index in [0.717, 1.165) is 24.3 Å². The molecule has 19 heavy (non-hydrogen) atoms. The van der Waals surface area contributed by atoms with E-state index in [1.165, 1.54) is 0 Å². The first kappa shape index (κ1) is 16.3.